The molecule has 0 aliphatic heterocycles. The number of amides is 1. The molecule has 0 fully saturated rings. The summed E-state index contributed by atoms with van der Waals surface area (Å²) < 4.78 is 0. The van der Waals surface area contributed by atoms with Gasteiger partial charge in [0, 0.05) is 16.8 Å². The number of carbonyl (C=O) groups is 1. The zero-order valence-electron chi connectivity index (χ0n) is 11.3. The number of aromatic nitrogens is 1. The Kier molecular flexibility index (Phi) is 4.77. The molecule has 1 N–H and O–H groups in total. The van der Waals surface area contributed by atoms with Crippen molar-refractivity contribution in [2.45, 2.75) is 9.92 Å². The van der Waals surface area contributed by atoms with Crippen LogP contribution in [0.1, 0.15) is 9.67 Å². The molecular weight excluding hydrogens is 336 g/mol. The summed E-state index contributed by atoms with van der Waals surface area (Å²) in [6.07, 6.45) is 1.74. The Labute approximate surface area is 141 Å². The van der Waals surface area contributed by atoms with Gasteiger partial charge in [0.1, 0.15) is 5.03 Å². The molecule has 1 aromatic carbocycles. The van der Waals surface area contributed by atoms with Crippen molar-refractivity contribution in [1.29, 1.82) is 0 Å². The first-order chi connectivity index (χ1) is 10.7. The molecule has 3 aromatic rings. The maximum absolute atomic E-state index is 12.0. The number of carbonyl (C=O) groups excluding carboxylic acids is 1. The number of nitrogens with one attached hydrogen (secondary N) is 1. The summed E-state index contributed by atoms with van der Waals surface area (Å²) in [5.74, 6) is -0.129. The summed E-state index contributed by atoms with van der Waals surface area (Å²) in [4.78, 5) is 17.8. The number of hydrogen-bond donors (Lipinski definition) is 1. The molecule has 1 amide bonds. The molecule has 2 aromatic heterocycles. The lowest BCUT2D eigenvalue weighted by atomic mass is 10.3. The molecule has 0 spiro atoms. The SMILES string of the molecule is O=C(Nc1ccc(Sc2ccccn2)c(Cl)c1)c1cccs1. The van der Waals surface area contributed by atoms with Gasteiger partial charge in [-0.25, -0.2) is 4.98 Å². The van der Waals surface area contributed by atoms with Crippen LogP contribution < -0.4 is 5.32 Å². The Morgan fingerprint density at radius 3 is 2.77 bits per heavy atom. The molecule has 0 aliphatic rings. The average molecular weight is 347 g/mol. The Morgan fingerprint density at radius 2 is 2.09 bits per heavy atom. The molecule has 2 heterocycles. The van der Waals surface area contributed by atoms with Gasteiger partial charge in [-0.05, 0) is 41.8 Å². The van der Waals surface area contributed by atoms with E-state index in [-0.39, 0.29) is 5.91 Å². The largest absolute Gasteiger partial charge is 0.321 e. The minimum Gasteiger partial charge on any atom is -0.321 e. The number of hydrogen-bond acceptors (Lipinski definition) is 4. The Balaban J connectivity index is 1.73. The van der Waals surface area contributed by atoms with Gasteiger partial charge in [-0.3, -0.25) is 4.79 Å². The van der Waals surface area contributed by atoms with E-state index < -0.39 is 0 Å². The molecule has 0 aliphatic carbocycles. The molecule has 0 saturated carbocycles. The van der Waals surface area contributed by atoms with E-state index in [0.29, 0.717) is 15.6 Å². The summed E-state index contributed by atoms with van der Waals surface area (Å²) in [7, 11) is 0. The maximum atomic E-state index is 12.0. The predicted molar refractivity (Wildman–Crippen MR) is 92.1 cm³/mol. The van der Waals surface area contributed by atoms with Crippen molar-refractivity contribution in [1.82, 2.24) is 4.98 Å². The monoisotopic (exact) mass is 346 g/mol. The van der Waals surface area contributed by atoms with E-state index in [9.17, 15) is 4.79 Å². The second-order valence-electron chi connectivity index (χ2n) is 4.35. The van der Waals surface area contributed by atoms with Crippen molar-refractivity contribution in [2.24, 2.45) is 0 Å². The van der Waals surface area contributed by atoms with Crippen molar-refractivity contribution in [3.05, 3.63) is 70.0 Å². The normalized spacial score (nSPS) is 10.4. The Hall–Kier alpha value is -1.82. The van der Waals surface area contributed by atoms with Crippen molar-refractivity contribution >= 4 is 46.3 Å². The number of nitrogens with zero attached hydrogens (tertiary/aromatic N) is 1. The zero-order chi connectivity index (χ0) is 15.4. The van der Waals surface area contributed by atoms with Gasteiger partial charge in [0.15, 0.2) is 0 Å². The van der Waals surface area contributed by atoms with Crippen molar-refractivity contribution in [2.75, 3.05) is 5.32 Å². The number of pyridine rings is 1. The molecule has 3 rings (SSSR count). The van der Waals surface area contributed by atoms with Gasteiger partial charge in [-0.1, -0.05) is 35.5 Å². The number of benzene rings is 1. The lowest BCUT2D eigenvalue weighted by Crippen LogP contribution is -2.09. The smallest absolute Gasteiger partial charge is 0.265 e. The highest BCUT2D eigenvalue weighted by atomic mass is 35.5. The van der Waals surface area contributed by atoms with Crippen LogP contribution in [0.5, 0.6) is 0 Å². The minimum atomic E-state index is -0.129. The molecule has 3 nitrogen and oxygen atoms in total. The predicted octanol–water partition coefficient (Wildman–Crippen LogP) is 5.20. The Morgan fingerprint density at radius 1 is 1.18 bits per heavy atom. The third kappa shape index (κ3) is 3.68. The first kappa shape index (κ1) is 15.1. The Bertz CT molecular complexity index is 776. The van der Waals surface area contributed by atoms with E-state index in [4.69, 9.17) is 11.6 Å². The van der Waals surface area contributed by atoms with E-state index in [0.717, 1.165) is 9.92 Å². The van der Waals surface area contributed by atoms with E-state index in [1.54, 1.807) is 18.3 Å². The number of anilines is 1. The third-order valence-corrected chi connectivity index (χ3v) is 5.11. The molecule has 22 heavy (non-hydrogen) atoms. The summed E-state index contributed by atoms with van der Waals surface area (Å²) in [5, 5.41) is 6.17. The summed E-state index contributed by atoms with van der Waals surface area (Å²) in [5.41, 5.74) is 0.675. The minimum absolute atomic E-state index is 0.129. The molecule has 0 atom stereocenters. The van der Waals surface area contributed by atoms with Crippen LogP contribution in [0.2, 0.25) is 5.02 Å². The molecule has 110 valence electrons. The molecule has 0 saturated heterocycles. The summed E-state index contributed by atoms with van der Waals surface area (Å²) in [6, 6.07) is 14.8. The lowest BCUT2D eigenvalue weighted by molar-refractivity contribution is 0.103. The van der Waals surface area contributed by atoms with Gasteiger partial charge in [0.05, 0.1) is 9.90 Å². The summed E-state index contributed by atoms with van der Waals surface area (Å²) >= 11 is 9.18. The fraction of sp³-hybridized carbons (Fsp3) is 0. The van der Waals surface area contributed by atoms with Crippen molar-refractivity contribution < 1.29 is 4.79 Å². The molecule has 6 heteroatoms. The highest BCUT2D eigenvalue weighted by Gasteiger charge is 2.09. The van der Waals surface area contributed by atoms with E-state index in [1.165, 1.54) is 23.1 Å². The van der Waals surface area contributed by atoms with Crippen molar-refractivity contribution in [3.8, 4) is 0 Å². The fourth-order valence-corrected chi connectivity index (χ4v) is 3.48. The fourth-order valence-electron chi connectivity index (χ4n) is 1.78. The van der Waals surface area contributed by atoms with Crippen LogP contribution in [-0.2, 0) is 0 Å². The lowest BCUT2D eigenvalue weighted by Gasteiger charge is -2.07. The van der Waals surface area contributed by atoms with Crippen LogP contribution >= 0.6 is 34.7 Å². The third-order valence-electron chi connectivity index (χ3n) is 2.79. The van der Waals surface area contributed by atoms with Gasteiger partial charge >= 0.3 is 0 Å². The van der Waals surface area contributed by atoms with Crippen LogP contribution in [0, 0.1) is 0 Å². The highest BCUT2D eigenvalue weighted by Crippen LogP contribution is 2.33. The molecule has 0 unspecified atom stereocenters. The maximum Gasteiger partial charge on any atom is 0.265 e. The van der Waals surface area contributed by atoms with Gasteiger partial charge in [-0.15, -0.1) is 11.3 Å². The van der Waals surface area contributed by atoms with E-state index in [1.807, 2.05) is 41.8 Å². The number of halogens is 1. The van der Waals surface area contributed by atoms with Gasteiger partial charge in [0.25, 0.3) is 5.91 Å². The topological polar surface area (TPSA) is 42.0 Å². The highest BCUT2D eigenvalue weighted by molar-refractivity contribution is 7.99. The van der Waals surface area contributed by atoms with Crippen LogP contribution in [0.15, 0.2) is 70.0 Å². The number of thiophene rings is 1. The quantitative estimate of drug-likeness (QED) is 0.706. The molecular formula is C16H11ClN2OS2. The van der Waals surface area contributed by atoms with Crippen LogP contribution in [0.4, 0.5) is 5.69 Å². The average Bonchev–Trinajstić information content (AvgIpc) is 3.05. The standard InChI is InChI=1S/C16H11ClN2OS2/c17-12-10-11(19-16(20)14-4-3-9-21-14)6-7-13(12)22-15-5-1-2-8-18-15/h1-10H,(H,19,20). The first-order valence-corrected chi connectivity index (χ1v) is 8.53. The van der Waals surface area contributed by atoms with E-state index in [2.05, 4.69) is 10.3 Å². The van der Waals surface area contributed by atoms with Crippen LogP contribution in [-0.4, -0.2) is 10.9 Å². The summed E-state index contributed by atoms with van der Waals surface area (Å²) in [6.45, 7) is 0. The molecule has 0 radical (unpaired) electrons. The number of rotatable bonds is 4. The molecule has 0 bridgehead atoms. The van der Waals surface area contributed by atoms with E-state index >= 15 is 0 Å². The van der Waals surface area contributed by atoms with Gasteiger partial charge < -0.3 is 5.32 Å². The second-order valence-corrected chi connectivity index (χ2v) is 6.76. The van der Waals surface area contributed by atoms with Gasteiger partial charge in [-0.2, -0.15) is 0 Å². The first-order valence-electron chi connectivity index (χ1n) is 6.46. The van der Waals surface area contributed by atoms with Crippen LogP contribution in [0.25, 0.3) is 0 Å². The zero-order valence-corrected chi connectivity index (χ0v) is 13.7. The van der Waals surface area contributed by atoms with Crippen LogP contribution in [0.3, 0.4) is 0 Å². The second kappa shape index (κ2) is 6.96. The van der Waals surface area contributed by atoms with Crippen molar-refractivity contribution in [3.63, 3.8) is 0 Å². The van der Waals surface area contributed by atoms with Gasteiger partial charge in [0.2, 0.25) is 0 Å².